The lowest BCUT2D eigenvalue weighted by atomic mass is 10.2. The highest BCUT2D eigenvalue weighted by Crippen LogP contribution is 2.14. The Balaban J connectivity index is 2.30. The Labute approximate surface area is 99.1 Å². The highest BCUT2D eigenvalue weighted by atomic mass is 16.5. The zero-order valence-electron chi connectivity index (χ0n) is 9.91. The zero-order chi connectivity index (χ0) is 12.8. The van der Waals surface area contributed by atoms with E-state index in [0.717, 1.165) is 0 Å². The lowest BCUT2D eigenvalue weighted by molar-refractivity contribution is 0.0499. The van der Waals surface area contributed by atoms with E-state index in [0.29, 0.717) is 30.0 Å². The van der Waals surface area contributed by atoms with Crippen molar-refractivity contribution in [3.05, 3.63) is 23.2 Å². The monoisotopic (exact) mass is 240 g/mol. The van der Waals surface area contributed by atoms with Crippen LogP contribution in [0.15, 0.2) is 10.5 Å². The SMILES string of the molecule is Cc1cc(C(=O)OCCCNC(N)=O)c(C)o1. The Kier molecular flexibility index (Phi) is 4.56. The van der Waals surface area contributed by atoms with Crippen molar-refractivity contribution >= 4 is 12.0 Å². The summed E-state index contributed by atoms with van der Waals surface area (Å²) in [6.45, 7) is 4.08. The first-order valence-electron chi connectivity index (χ1n) is 5.28. The number of hydrogen-bond donors (Lipinski definition) is 2. The van der Waals surface area contributed by atoms with Crippen LogP contribution in [0.2, 0.25) is 0 Å². The highest BCUT2D eigenvalue weighted by Gasteiger charge is 2.14. The number of primary amides is 1. The molecule has 17 heavy (non-hydrogen) atoms. The van der Waals surface area contributed by atoms with Crippen molar-refractivity contribution in [1.82, 2.24) is 5.32 Å². The van der Waals surface area contributed by atoms with Gasteiger partial charge in [0.15, 0.2) is 0 Å². The molecule has 0 aromatic carbocycles. The number of ether oxygens (including phenoxy) is 1. The van der Waals surface area contributed by atoms with Crippen molar-refractivity contribution < 1.29 is 18.7 Å². The summed E-state index contributed by atoms with van der Waals surface area (Å²) in [4.78, 5) is 21.9. The summed E-state index contributed by atoms with van der Waals surface area (Å²) in [6, 6.07) is 1.05. The second kappa shape index (κ2) is 5.93. The third-order valence-corrected chi connectivity index (χ3v) is 2.11. The summed E-state index contributed by atoms with van der Waals surface area (Å²) in [5, 5.41) is 2.40. The lowest BCUT2D eigenvalue weighted by Gasteiger charge is -2.04. The van der Waals surface area contributed by atoms with E-state index in [4.69, 9.17) is 14.9 Å². The summed E-state index contributed by atoms with van der Waals surface area (Å²) in [7, 11) is 0. The number of hydrogen-bond acceptors (Lipinski definition) is 4. The van der Waals surface area contributed by atoms with Gasteiger partial charge in [0.2, 0.25) is 0 Å². The minimum absolute atomic E-state index is 0.225. The number of urea groups is 1. The molecule has 6 nitrogen and oxygen atoms in total. The predicted molar refractivity (Wildman–Crippen MR) is 60.7 cm³/mol. The fourth-order valence-corrected chi connectivity index (χ4v) is 1.36. The molecule has 0 saturated heterocycles. The van der Waals surface area contributed by atoms with Gasteiger partial charge < -0.3 is 20.2 Å². The van der Waals surface area contributed by atoms with Gasteiger partial charge in [-0.2, -0.15) is 0 Å². The van der Waals surface area contributed by atoms with Crippen molar-refractivity contribution in [3.8, 4) is 0 Å². The van der Waals surface area contributed by atoms with Crippen molar-refractivity contribution in [1.29, 1.82) is 0 Å². The highest BCUT2D eigenvalue weighted by molar-refractivity contribution is 5.90. The Bertz CT molecular complexity index is 412. The molecule has 1 heterocycles. The van der Waals surface area contributed by atoms with Crippen LogP contribution >= 0.6 is 0 Å². The number of aryl methyl sites for hydroxylation is 2. The number of nitrogens with one attached hydrogen (secondary N) is 1. The molecule has 0 aliphatic rings. The molecule has 94 valence electrons. The Morgan fingerprint density at radius 3 is 2.71 bits per heavy atom. The molecule has 3 N–H and O–H groups in total. The van der Waals surface area contributed by atoms with Crippen molar-refractivity contribution in [2.75, 3.05) is 13.2 Å². The van der Waals surface area contributed by atoms with Gasteiger partial charge in [0.1, 0.15) is 17.1 Å². The molecule has 0 unspecified atom stereocenters. The molecule has 0 radical (unpaired) electrons. The predicted octanol–water partition coefficient (Wildman–Crippen LogP) is 1.11. The van der Waals surface area contributed by atoms with Gasteiger partial charge in [-0.05, 0) is 26.3 Å². The zero-order valence-corrected chi connectivity index (χ0v) is 9.91. The van der Waals surface area contributed by atoms with E-state index < -0.39 is 12.0 Å². The van der Waals surface area contributed by atoms with E-state index in [1.54, 1.807) is 19.9 Å². The van der Waals surface area contributed by atoms with Crippen LogP contribution in [-0.4, -0.2) is 25.2 Å². The molecule has 1 aromatic heterocycles. The molecule has 1 aromatic rings. The molecule has 0 saturated carbocycles. The fourth-order valence-electron chi connectivity index (χ4n) is 1.36. The van der Waals surface area contributed by atoms with Gasteiger partial charge in [0, 0.05) is 6.54 Å². The summed E-state index contributed by atoms with van der Waals surface area (Å²) in [6.07, 6.45) is 0.518. The van der Waals surface area contributed by atoms with Gasteiger partial charge >= 0.3 is 12.0 Å². The largest absolute Gasteiger partial charge is 0.466 e. The number of carbonyl (C=O) groups is 2. The van der Waals surface area contributed by atoms with Crippen LogP contribution in [0.4, 0.5) is 4.79 Å². The molecule has 0 fully saturated rings. The normalized spacial score (nSPS) is 10.0. The van der Waals surface area contributed by atoms with Gasteiger partial charge in [-0.25, -0.2) is 9.59 Å². The number of esters is 1. The first kappa shape index (κ1) is 13.1. The van der Waals surface area contributed by atoms with Crippen molar-refractivity contribution in [2.24, 2.45) is 5.73 Å². The van der Waals surface area contributed by atoms with Crippen LogP contribution in [-0.2, 0) is 4.74 Å². The first-order chi connectivity index (χ1) is 8.00. The third-order valence-electron chi connectivity index (χ3n) is 2.11. The number of amides is 2. The number of rotatable bonds is 5. The van der Waals surface area contributed by atoms with Crippen LogP contribution in [0.1, 0.15) is 28.3 Å². The van der Waals surface area contributed by atoms with Gasteiger partial charge in [-0.3, -0.25) is 0 Å². The maximum absolute atomic E-state index is 11.6. The minimum atomic E-state index is -0.586. The number of nitrogens with two attached hydrogens (primary N) is 1. The van der Waals surface area contributed by atoms with Crippen LogP contribution in [0, 0.1) is 13.8 Å². The van der Waals surface area contributed by atoms with Crippen molar-refractivity contribution in [2.45, 2.75) is 20.3 Å². The van der Waals surface area contributed by atoms with Crippen LogP contribution in [0.25, 0.3) is 0 Å². The molecule has 0 aliphatic heterocycles. The van der Waals surface area contributed by atoms with E-state index >= 15 is 0 Å². The summed E-state index contributed by atoms with van der Waals surface area (Å²) < 4.78 is 10.2. The van der Waals surface area contributed by atoms with E-state index in [1.165, 1.54) is 0 Å². The molecule has 0 atom stereocenters. The Morgan fingerprint density at radius 1 is 1.47 bits per heavy atom. The van der Waals surface area contributed by atoms with Crippen LogP contribution in [0.3, 0.4) is 0 Å². The molecule has 1 rings (SSSR count). The maximum Gasteiger partial charge on any atom is 0.341 e. The molecule has 6 heteroatoms. The molecular formula is C11H16N2O4. The molecular weight excluding hydrogens is 224 g/mol. The first-order valence-corrected chi connectivity index (χ1v) is 5.28. The smallest absolute Gasteiger partial charge is 0.341 e. The topological polar surface area (TPSA) is 94.6 Å². The van der Waals surface area contributed by atoms with Gasteiger partial charge in [0.05, 0.1) is 6.61 Å². The van der Waals surface area contributed by atoms with Crippen LogP contribution < -0.4 is 11.1 Å². The minimum Gasteiger partial charge on any atom is -0.466 e. The summed E-state index contributed by atoms with van der Waals surface area (Å²) in [5.41, 5.74) is 5.31. The average Bonchev–Trinajstić information content (AvgIpc) is 2.56. The van der Waals surface area contributed by atoms with E-state index in [1.807, 2.05) is 0 Å². The number of furan rings is 1. The molecule has 0 aliphatic carbocycles. The molecule has 0 spiro atoms. The van der Waals surface area contributed by atoms with Gasteiger partial charge in [-0.15, -0.1) is 0 Å². The van der Waals surface area contributed by atoms with E-state index in [9.17, 15) is 9.59 Å². The summed E-state index contributed by atoms with van der Waals surface area (Å²) >= 11 is 0. The Morgan fingerprint density at radius 2 is 2.18 bits per heavy atom. The standard InChI is InChI=1S/C11H16N2O4/c1-7-6-9(8(2)17-7)10(14)16-5-3-4-13-11(12)15/h6H,3-5H2,1-2H3,(H3,12,13,15). The Hall–Kier alpha value is -1.98. The number of carbonyl (C=O) groups excluding carboxylic acids is 2. The third kappa shape index (κ3) is 4.18. The van der Waals surface area contributed by atoms with Gasteiger partial charge in [-0.1, -0.05) is 0 Å². The van der Waals surface area contributed by atoms with Crippen LogP contribution in [0.5, 0.6) is 0 Å². The second-order valence-corrected chi connectivity index (χ2v) is 3.61. The maximum atomic E-state index is 11.6. The van der Waals surface area contributed by atoms with E-state index in [2.05, 4.69) is 5.32 Å². The molecule has 2 amide bonds. The van der Waals surface area contributed by atoms with Gasteiger partial charge in [0.25, 0.3) is 0 Å². The molecule has 0 bridgehead atoms. The summed E-state index contributed by atoms with van der Waals surface area (Å²) in [5.74, 6) is 0.797. The average molecular weight is 240 g/mol. The quantitative estimate of drug-likeness (QED) is 0.595. The fraction of sp³-hybridized carbons (Fsp3) is 0.455. The lowest BCUT2D eigenvalue weighted by Crippen LogP contribution is -2.30. The second-order valence-electron chi connectivity index (χ2n) is 3.61. The van der Waals surface area contributed by atoms with Crippen molar-refractivity contribution in [3.63, 3.8) is 0 Å². The van der Waals surface area contributed by atoms with E-state index in [-0.39, 0.29) is 6.61 Å².